The number of rotatable bonds is 7. The van der Waals surface area contributed by atoms with Gasteiger partial charge in [-0.15, -0.1) is 0 Å². The second-order valence-corrected chi connectivity index (χ2v) is 8.01. The fourth-order valence-corrected chi connectivity index (χ4v) is 4.22. The molecule has 2 rings (SSSR count). The van der Waals surface area contributed by atoms with Gasteiger partial charge in [-0.1, -0.05) is 24.0 Å². The van der Waals surface area contributed by atoms with E-state index in [1.54, 1.807) is 11.0 Å². The van der Waals surface area contributed by atoms with Crippen LogP contribution in [-0.4, -0.2) is 59.2 Å². The molecule has 134 valence electrons. The number of carbonyl (C=O) groups is 1. The molecule has 2 saturated heterocycles. The third kappa shape index (κ3) is 6.94. The molecule has 11 heteroatoms. The van der Waals surface area contributed by atoms with Gasteiger partial charge >= 0.3 is 29.6 Å². The largest absolute Gasteiger partial charge is 1.00 e. The molecular formula is C14H19N2NaO5S3. The van der Waals surface area contributed by atoms with Crippen molar-refractivity contribution in [2.75, 3.05) is 26.2 Å². The standard InChI is InChI=1S/C14H20N2O5S3.Na/c1-2-16-13(17)12(23-14(16)22)7-6-11-5-3-8-15(11)9-4-10-21-24(18,19)20;/h6-7H,2-5,8-10H2,1H3,(H,18,19,20);/q;+1/p-1. The summed E-state index contributed by atoms with van der Waals surface area (Å²) in [5, 5.41) is 0. The molecule has 2 aliphatic rings. The predicted molar refractivity (Wildman–Crippen MR) is 94.8 cm³/mol. The van der Waals surface area contributed by atoms with Gasteiger partial charge in [0.2, 0.25) is 10.4 Å². The quantitative estimate of drug-likeness (QED) is 0.126. The van der Waals surface area contributed by atoms with Crippen LogP contribution in [-0.2, 0) is 19.4 Å². The van der Waals surface area contributed by atoms with Crippen LogP contribution in [0.2, 0.25) is 0 Å². The monoisotopic (exact) mass is 414 g/mol. The summed E-state index contributed by atoms with van der Waals surface area (Å²) in [4.78, 5) is 16.4. The number of allylic oxidation sites excluding steroid dienone is 3. The summed E-state index contributed by atoms with van der Waals surface area (Å²) in [5.41, 5.74) is 1.08. The SMILES string of the molecule is CCN1C(=O)C(=CC=C2CCCN2CCCOS(=O)(=O)[O-])SC1=S.[Na+]. The van der Waals surface area contributed by atoms with Gasteiger partial charge in [0, 0.05) is 25.3 Å². The summed E-state index contributed by atoms with van der Waals surface area (Å²) in [5.74, 6) is -0.0667. The average Bonchev–Trinajstić information content (AvgIpc) is 3.05. The van der Waals surface area contributed by atoms with Crippen molar-refractivity contribution in [3.63, 3.8) is 0 Å². The molecule has 1 amide bonds. The van der Waals surface area contributed by atoms with Crippen molar-refractivity contribution in [2.45, 2.75) is 26.2 Å². The van der Waals surface area contributed by atoms with Gasteiger partial charge in [-0.05, 0) is 38.3 Å². The molecule has 0 aliphatic carbocycles. The number of likely N-dealkylation sites (N-methyl/N-ethyl adjacent to an activating group) is 1. The van der Waals surface area contributed by atoms with Gasteiger partial charge in [0.15, 0.2) is 0 Å². The van der Waals surface area contributed by atoms with Crippen molar-refractivity contribution in [3.05, 3.63) is 22.8 Å². The Balaban J connectivity index is 0.00000312. The molecule has 25 heavy (non-hydrogen) atoms. The van der Waals surface area contributed by atoms with Crippen molar-refractivity contribution >= 4 is 44.6 Å². The minimum absolute atomic E-state index is 0. The molecule has 0 radical (unpaired) electrons. The maximum Gasteiger partial charge on any atom is 1.00 e. The van der Waals surface area contributed by atoms with Crippen LogP contribution in [0.5, 0.6) is 0 Å². The van der Waals surface area contributed by atoms with E-state index < -0.39 is 10.4 Å². The average molecular weight is 415 g/mol. The van der Waals surface area contributed by atoms with Gasteiger partial charge in [-0.25, -0.2) is 8.42 Å². The van der Waals surface area contributed by atoms with E-state index in [2.05, 4.69) is 9.08 Å². The number of amides is 1. The van der Waals surface area contributed by atoms with Crippen LogP contribution >= 0.6 is 24.0 Å². The molecule has 0 bridgehead atoms. The van der Waals surface area contributed by atoms with Crippen molar-refractivity contribution in [1.29, 1.82) is 0 Å². The van der Waals surface area contributed by atoms with Crippen molar-refractivity contribution < 1.29 is 51.5 Å². The number of thiocarbonyl (C=S) groups is 1. The van der Waals surface area contributed by atoms with Crippen LogP contribution in [0.4, 0.5) is 0 Å². The van der Waals surface area contributed by atoms with E-state index in [1.807, 2.05) is 13.0 Å². The summed E-state index contributed by atoms with van der Waals surface area (Å²) >= 11 is 6.47. The first-order valence-electron chi connectivity index (χ1n) is 7.61. The van der Waals surface area contributed by atoms with Gasteiger partial charge in [-0.2, -0.15) is 0 Å². The smallest absolute Gasteiger partial charge is 0.726 e. The van der Waals surface area contributed by atoms with Crippen molar-refractivity contribution in [3.8, 4) is 0 Å². The van der Waals surface area contributed by atoms with Crippen LogP contribution in [0.1, 0.15) is 26.2 Å². The third-order valence-electron chi connectivity index (χ3n) is 3.68. The van der Waals surface area contributed by atoms with E-state index in [0.29, 0.717) is 28.7 Å². The maximum absolute atomic E-state index is 12.1. The van der Waals surface area contributed by atoms with Crippen LogP contribution in [0, 0.1) is 0 Å². The Morgan fingerprint density at radius 3 is 2.72 bits per heavy atom. The maximum atomic E-state index is 12.1. The molecule has 2 heterocycles. The number of nitrogens with zero attached hydrogens (tertiary/aromatic N) is 2. The molecule has 7 nitrogen and oxygen atoms in total. The summed E-state index contributed by atoms with van der Waals surface area (Å²) in [6, 6.07) is 0. The van der Waals surface area contributed by atoms with E-state index in [4.69, 9.17) is 12.2 Å². The molecule has 0 aromatic carbocycles. The zero-order valence-electron chi connectivity index (χ0n) is 14.3. The number of hydrogen-bond acceptors (Lipinski definition) is 8. The van der Waals surface area contributed by atoms with Crippen LogP contribution < -0.4 is 29.6 Å². The topological polar surface area (TPSA) is 90.0 Å². The number of thioether (sulfide) groups is 1. The first-order chi connectivity index (χ1) is 11.3. The Bertz CT molecular complexity index is 678. The predicted octanol–water partition coefficient (Wildman–Crippen LogP) is -1.40. The molecular weight excluding hydrogens is 395 g/mol. The molecule has 0 saturated carbocycles. The van der Waals surface area contributed by atoms with E-state index in [0.717, 1.165) is 25.1 Å². The van der Waals surface area contributed by atoms with E-state index in [-0.39, 0.29) is 42.1 Å². The molecule has 0 atom stereocenters. The summed E-state index contributed by atoms with van der Waals surface area (Å²) < 4.78 is 36.0. The third-order valence-corrected chi connectivity index (χ3v) is 5.54. The summed E-state index contributed by atoms with van der Waals surface area (Å²) in [6.07, 6.45) is 6.04. The fraction of sp³-hybridized carbons (Fsp3) is 0.571. The van der Waals surface area contributed by atoms with E-state index >= 15 is 0 Å². The first-order valence-corrected chi connectivity index (χ1v) is 10.2. The molecule has 0 N–H and O–H groups in total. The molecule has 2 aliphatic heterocycles. The van der Waals surface area contributed by atoms with Crippen LogP contribution in [0.25, 0.3) is 0 Å². The fourth-order valence-electron chi connectivity index (χ4n) is 2.57. The van der Waals surface area contributed by atoms with E-state index in [1.165, 1.54) is 11.8 Å². The molecule has 0 aromatic heterocycles. The van der Waals surface area contributed by atoms with Crippen molar-refractivity contribution in [2.24, 2.45) is 0 Å². The number of carbonyl (C=O) groups excluding carboxylic acids is 1. The van der Waals surface area contributed by atoms with Gasteiger partial charge < -0.3 is 9.45 Å². The van der Waals surface area contributed by atoms with Gasteiger partial charge in [0.25, 0.3) is 5.91 Å². The first kappa shape index (κ1) is 23.1. The van der Waals surface area contributed by atoms with Gasteiger partial charge in [0.1, 0.15) is 4.32 Å². The minimum atomic E-state index is -4.62. The Morgan fingerprint density at radius 1 is 1.40 bits per heavy atom. The molecule has 0 aromatic rings. The second kappa shape index (κ2) is 10.4. The Kier molecular flexibility index (Phi) is 9.62. The minimum Gasteiger partial charge on any atom is -0.726 e. The summed E-state index contributed by atoms with van der Waals surface area (Å²) in [7, 11) is -4.62. The Morgan fingerprint density at radius 2 is 2.12 bits per heavy atom. The zero-order valence-corrected chi connectivity index (χ0v) is 18.7. The molecule has 0 spiro atoms. The number of likely N-dealkylation sites (tertiary alicyclic amines) is 1. The van der Waals surface area contributed by atoms with Crippen LogP contribution in [0.3, 0.4) is 0 Å². The van der Waals surface area contributed by atoms with E-state index in [9.17, 15) is 17.8 Å². The van der Waals surface area contributed by atoms with Crippen molar-refractivity contribution in [1.82, 2.24) is 9.80 Å². The number of hydrogen-bond donors (Lipinski definition) is 0. The van der Waals surface area contributed by atoms with Gasteiger partial charge in [-0.3, -0.25) is 13.9 Å². The Labute approximate surface area is 180 Å². The summed E-state index contributed by atoms with van der Waals surface area (Å²) in [6.45, 7) is 3.79. The van der Waals surface area contributed by atoms with Gasteiger partial charge in [0.05, 0.1) is 11.5 Å². The molecule has 2 fully saturated rings. The second-order valence-electron chi connectivity index (χ2n) is 5.28. The normalized spacial score (nSPS) is 21.5. The molecule has 0 unspecified atom stereocenters. The van der Waals surface area contributed by atoms with Crippen LogP contribution in [0.15, 0.2) is 22.8 Å². The Hall–Kier alpha value is 0.0600. The zero-order chi connectivity index (χ0) is 17.7.